The van der Waals surface area contributed by atoms with Gasteiger partial charge in [0.2, 0.25) is 0 Å². The molecule has 3 heterocycles. The van der Waals surface area contributed by atoms with Crippen LogP contribution in [0, 0.1) is 12.3 Å². The summed E-state index contributed by atoms with van der Waals surface area (Å²) in [5.41, 5.74) is 5.26. The van der Waals surface area contributed by atoms with Gasteiger partial charge in [-0.15, -0.1) is 6.42 Å². The fourth-order valence-corrected chi connectivity index (χ4v) is 6.27. The highest BCUT2D eigenvalue weighted by molar-refractivity contribution is 7.89. The summed E-state index contributed by atoms with van der Waals surface area (Å²) < 4.78 is 32.2. The molecule has 8 nitrogen and oxygen atoms in total. The van der Waals surface area contributed by atoms with Crippen molar-refractivity contribution in [3.05, 3.63) is 84.8 Å². The first-order valence-electron chi connectivity index (χ1n) is 11.7. The zero-order valence-electron chi connectivity index (χ0n) is 20.3. The fraction of sp³-hybridized carbons (Fsp3) is 0.259. The fourth-order valence-electron chi connectivity index (χ4n) is 4.77. The van der Waals surface area contributed by atoms with Crippen molar-refractivity contribution in [3.63, 3.8) is 0 Å². The lowest BCUT2D eigenvalue weighted by Gasteiger charge is -2.40. The van der Waals surface area contributed by atoms with Crippen molar-refractivity contribution in [3.8, 4) is 23.5 Å². The number of hydrogen-bond acceptors (Lipinski definition) is 5. The first-order valence-corrected chi connectivity index (χ1v) is 13.1. The minimum atomic E-state index is -3.89. The van der Waals surface area contributed by atoms with Crippen molar-refractivity contribution < 1.29 is 8.42 Å². The number of fused-ring (bicyclic) bond motifs is 1. The molecule has 0 radical (unpaired) electrons. The van der Waals surface area contributed by atoms with E-state index in [-0.39, 0.29) is 17.6 Å². The average Bonchev–Trinajstić information content (AvgIpc) is 3.50. The summed E-state index contributed by atoms with van der Waals surface area (Å²) in [5.74, 6) is 2.55. The topological polar surface area (TPSA) is 76.3 Å². The zero-order chi connectivity index (χ0) is 25.3. The maximum atomic E-state index is 13.6. The quantitative estimate of drug-likeness (QED) is 0.365. The number of imidazole rings is 2. The highest BCUT2D eigenvalue weighted by atomic mass is 32.2. The minimum absolute atomic E-state index is 0.000333. The minimum Gasteiger partial charge on any atom is -0.364 e. The first-order chi connectivity index (χ1) is 17.3. The Morgan fingerprint density at radius 1 is 1.03 bits per heavy atom. The Labute approximate surface area is 211 Å². The molecule has 0 fully saturated rings. The lowest BCUT2D eigenvalue weighted by Crippen LogP contribution is -2.50. The molecule has 9 heteroatoms. The molecule has 1 aliphatic rings. The molecule has 0 N–H and O–H groups in total. The van der Waals surface area contributed by atoms with Crippen molar-refractivity contribution in [1.82, 2.24) is 23.4 Å². The van der Waals surface area contributed by atoms with E-state index in [1.165, 1.54) is 16.8 Å². The summed E-state index contributed by atoms with van der Waals surface area (Å²) in [5, 5.41) is 0.000333. The number of nitrogens with zero attached hydrogens (tertiary/aromatic N) is 6. The van der Waals surface area contributed by atoms with Gasteiger partial charge in [0.25, 0.3) is 10.0 Å². The van der Waals surface area contributed by atoms with Crippen LogP contribution in [0.25, 0.3) is 11.1 Å². The van der Waals surface area contributed by atoms with Gasteiger partial charge >= 0.3 is 0 Å². The molecule has 1 atom stereocenters. The Morgan fingerprint density at radius 3 is 2.44 bits per heavy atom. The van der Waals surface area contributed by atoms with Gasteiger partial charge in [-0.2, -0.15) is 4.31 Å². The van der Waals surface area contributed by atoms with Crippen LogP contribution in [0.15, 0.2) is 78.6 Å². The number of benzene rings is 2. The van der Waals surface area contributed by atoms with E-state index in [1.54, 1.807) is 17.9 Å². The van der Waals surface area contributed by atoms with Gasteiger partial charge in [0, 0.05) is 44.8 Å². The molecule has 1 unspecified atom stereocenters. The van der Waals surface area contributed by atoms with Crippen molar-refractivity contribution >= 4 is 15.7 Å². The zero-order valence-corrected chi connectivity index (χ0v) is 21.1. The lowest BCUT2D eigenvalue weighted by molar-refractivity contribution is 0.334. The Morgan fingerprint density at radius 2 is 1.78 bits per heavy atom. The second-order valence-corrected chi connectivity index (χ2v) is 10.9. The second-order valence-electron chi connectivity index (χ2n) is 9.11. The Bertz CT molecular complexity index is 1520. The van der Waals surface area contributed by atoms with Crippen LogP contribution in [0.4, 0.5) is 5.69 Å². The predicted octanol–water partition coefficient (Wildman–Crippen LogP) is 3.08. The van der Waals surface area contributed by atoms with E-state index in [4.69, 9.17) is 6.42 Å². The largest absolute Gasteiger partial charge is 0.364 e. The number of sulfonamides is 1. The van der Waals surface area contributed by atoms with Crippen LogP contribution in [0.2, 0.25) is 0 Å². The predicted molar refractivity (Wildman–Crippen MR) is 140 cm³/mol. The van der Waals surface area contributed by atoms with E-state index in [2.05, 4.69) is 51.1 Å². The van der Waals surface area contributed by atoms with Crippen LogP contribution < -0.4 is 4.90 Å². The van der Waals surface area contributed by atoms with Gasteiger partial charge in [-0.25, -0.2) is 18.4 Å². The molecule has 0 saturated carbocycles. The third-order valence-electron chi connectivity index (χ3n) is 6.43. The van der Waals surface area contributed by atoms with Gasteiger partial charge in [-0.1, -0.05) is 42.3 Å². The maximum absolute atomic E-state index is 13.6. The number of anilines is 1. The Kier molecular flexibility index (Phi) is 6.39. The second kappa shape index (κ2) is 9.64. The highest BCUT2D eigenvalue weighted by Crippen LogP contribution is 2.35. The Balaban J connectivity index is 1.56. The summed E-state index contributed by atoms with van der Waals surface area (Å²) >= 11 is 0. The van der Waals surface area contributed by atoms with E-state index >= 15 is 0 Å². The number of aryl methyl sites for hydroxylation is 2. The summed E-state index contributed by atoms with van der Waals surface area (Å²) in [6.07, 6.45) is 12.9. The summed E-state index contributed by atoms with van der Waals surface area (Å²) in [6, 6.07) is 16.2. The van der Waals surface area contributed by atoms with Gasteiger partial charge in [0.1, 0.15) is 0 Å². The monoisotopic (exact) mass is 500 g/mol. The van der Waals surface area contributed by atoms with E-state index in [9.17, 15) is 8.42 Å². The van der Waals surface area contributed by atoms with Gasteiger partial charge in [-0.05, 0) is 35.2 Å². The van der Waals surface area contributed by atoms with E-state index < -0.39 is 10.0 Å². The number of terminal acetylenes is 1. The molecule has 1 aliphatic heterocycles. The number of aromatic nitrogens is 4. The highest BCUT2D eigenvalue weighted by Gasteiger charge is 2.37. The first kappa shape index (κ1) is 23.9. The SMILES string of the molecule is C#CCN(C1Cc2cc(-c3ccccc3)ccc2N(Cc2cn(C)cn2)C1)S(=O)(=O)c1cn(C)cn1. The van der Waals surface area contributed by atoms with Gasteiger partial charge < -0.3 is 14.0 Å². The molecule has 0 aliphatic carbocycles. The third-order valence-corrected chi connectivity index (χ3v) is 8.22. The molecular weight excluding hydrogens is 472 g/mol. The van der Waals surface area contributed by atoms with Gasteiger partial charge in [0.05, 0.1) is 31.4 Å². The van der Waals surface area contributed by atoms with E-state index in [0.717, 1.165) is 28.1 Å². The van der Waals surface area contributed by atoms with Crippen LogP contribution in [-0.2, 0) is 37.1 Å². The van der Waals surface area contributed by atoms with Crippen molar-refractivity contribution in [2.45, 2.75) is 24.0 Å². The molecule has 2 aromatic carbocycles. The third kappa shape index (κ3) is 4.65. The molecule has 36 heavy (non-hydrogen) atoms. The molecule has 0 amide bonds. The molecule has 0 bridgehead atoms. The lowest BCUT2D eigenvalue weighted by atomic mass is 9.93. The molecular formula is C27H28N6O2S. The average molecular weight is 501 g/mol. The number of rotatable bonds is 7. The molecule has 0 spiro atoms. The maximum Gasteiger partial charge on any atom is 0.263 e. The van der Waals surface area contributed by atoms with Crippen LogP contribution in [-0.4, -0.2) is 51.0 Å². The van der Waals surface area contributed by atoms with Crippen LogP contribution in [0.5, 0.6) is 0 Å². The van der Waals surface area contributed by atoms with Crippen LogP contribution in [0.1, 0.15) is 11.3 Å². The van der Waals surface area contributed by atoms with Crippen LogP contribution in [0.3, 0.4) is 0 Å². The standard InChI is InChI=1S/C27H28N6O2S/c1-4-12-33(36(34,35)27-18-31(3)20-29-27)25-14-23-13-22(21-8-6-5-7-9-21)10-11-26(23)32(17-25)16-24-15-30(2)19-28-24/h1,5-11,13,15,18-20,25H,12,14,16-17H2,2-3H3. The summed E-state index contributed by atoms with van der Waals surface area (Å²) in [7, 11) is -0.208. The van der Waals surface area contributed by atoms with Crippen molar-refractivity contribution in [2.75, 3.05) is 18.0 Å². The molecule has 2 aromatic heterocycles. The number of hydrogen-bond donors (Lipinski definition) is 0. The van der Waals surface area contributed by atoms with Gasteiger partial charge in [0.15, 0.2) is 5.03 Å². The van der Waals surface area contributed by atoms with E-state index in [1.807, 2.05) is 36.0 Å². The Hall–Kier alpha value is -3.87. The summed E-state index contributed by atoms with van der Waals surface area (Å²) in [6.45, 7) is 1.01. The molecule has 5 rings (SSSR count). The van der Waals surface area contributed by atoms with Crippen molar-refractivity contribution in [1.29, 1.82) is 0 Å². The van der Waals surface area contributed by atoms with Crippen molar-refractivity contribution in [2.24, 2.45) is 14.1 Å². The molecule has 4 aromatic rings. The molecule has 184 valence electrons. The van der Waals surface area contributed by atoms with E-state index in [0.29, 0.717) is 19.5 Å². The van der Waals surface area contributed by atoms with Crippen LogP contribution >= 0.6 is 0 Å². The smallest absolute Gasteiger partial charge is 0.263 e. The summed E-state index contributed by atoms with van der Waals surface area (Å²) in [4.78, 5) is 10.8. The molecule has 0 saturated heterocycles. The van der Waals surface area contributed by atoms with Gasteiger partial charge in [-0.3, -0.25) is 0 Å². The normalized spacial score (nSPS) is 15.6.